The minimum absolute atomic E-state index is 0.00373. The van der Waals surface area contributed by atoms with E-state index in [1.165, 1.54) is 30.9 Å². The van der Waals surface area contributed by atoms with E-state index in [1.807, 2.05) is 69.4 Å². The number of carbonyl (C=O) groups is 2. The van der Waals surface area contributed by atoms with Gasteiger partial charge in [-0.2, -0.15) is 16.8 Å². The van der Waals surface area contributed by atoms with Crippen LogP contribution in [0.5, 0.6) is 11.5 Å². The first-order chi connectivity index (χ1) is 29.2. The molecule has 6 aromatic rings. The fourth-order valence-corrected chi connectivity index (χ4v) is 10.3. The molecule has 2 atom stereocenters. The zero-order valence-electron chi connectivity index (χ0n) is 31.9. The number of hydrogen-bond donors (Lipinski definition) is 3. The van der Waals surface area contributed by atoms with Crippen LogP contribution in [0.1, 0.15) is 60.4 Å². The number of benzene rings is 4. The number of oxazole rings is 2. The van der Waals surface area contributed by atoms with E-state index >= 15 is 0 Å². The number of carbonyl (C=O) groups excluding carboxylic acids is 2. The Morgan fingerprint density at radius 2 is 1.16 bits per heavy atom. The largest absolute Gasteiger partial charge is 0.508 e. The first-order valence-corrected chi connectivity index (χ1v) is 23.4. The van der Waals surface area contributed by atoms with Crippen molar-refractivity contribution in [1.29, 1.82) is 0 Å². The number of phenols is 1. The van der Waals surface area contributed by atoms with Crippen LogP contribution in [0.15, 0.2) is 137 Å². The van der Waals surface area contributed by atoms with Crippen molar-refractivity contribution in [3.63, 3.8) is 0 Å². The number of ether oxygens (including phenoxy) is 1. The first-order valence-electron chi connectivity index (χ1n) is 18.3. The summed E-state index contributed by atoms with van der Waals surface area (Å²) in [6.07, 6.45) is 6.66. The van der Waals surface area contributed by atoms with Crippen molar-refractivity contribution in [3.05, 3.63) is 140 Å². The highest BCUT2D eigenvalue weighted by Crippen LogP contribution is 2.34. The summed E-state index contributed by atoms with van der Waals surface area (Å²) in [5.74, 6) is -0.314. The summed E-state index contributed by atoms with van der Waals surface area (Å²) in [4.78, 5) is 34.1. The number of Topliss-reactive ketones (excluding diaryl/α,β-unsaturated/α-hetero) is 2. The molecule has 2 aliphatic rings. The molecule has 8 rings (SSSR count). The first kappa shape index (κ1) is 43.6. The highest BCUT2D eigenvalue weighted by molar-refractivity contribution is 14.1. The second kappa shape index (κ2) is 18.7. The van der Waals surface area contributed by atoms with Crippen LogP contribution in [0.25, 0.3) is 0 Å². The van der Waals surface area contributed by atoms with Gasteiger partial charge in [-0.05, 0) is 130 Å². The summed E-state index contributed by atoms with van der Waals surface area (Å²) in [6, 6.07) is 23.8. The maximum Gasteiger partial charge on any atom is 0.286 e. The second-order valence-corrected chi connectivity index (χ2v) is 19.1. The summed E-state index contributed by atoms with van der Waals surface area (Å²) >= 11 is 4.04. The smallest absolute Gasteiger partial charge is 0.286 e. The summed E-state index contributed by atoms with van der Waals surface area (Å²) in [5, 5.41) is 15.5. The number of phenolic OH excluding ortho intramolecular Hbond substituents is 1. The second-order valence-electron chi connectivity index (χ2n) is 13.5. The van der Waals surface area contributed by atoms with Crippen LogP contribution >= 0.6 is 45.2 Å². The van der Waals surface area contributed by atoms with Crippen molar-refractivity contribution in [3.8, 4) is 11.5 Å². The minimum atomic E-state index is -3.96. The molecule has 0 fully saturated rings. The van der Waals surface area contributed by atoms with Crippen molar-refractivity contribution < 1.29 is 45.1 Å². The van der Waals surface area contributed by atoms with Crippen molar-refractivity contribution in [2.45, 2.75) is 47.3 Å². The molecule has 4 aromatic carbocycles. The van der Waals surface area contributed by atoms with E-state index in [0.29, 0.717) is 41.7 Å². The predicted molar refractivity (Wildman–Crippen MR) is 241 cm³/mol. The Bertz CT molecular complexity index is 2890. The van der Waals surface area contributed by atoms with E-state index in [9.17, 15) is 31.5 Å². The van der Waals surface area contributed by atoms with Gasteiger partial charge in [0.2, 0.25) is 11.8 Å². The van der Waals surface area contributed by atoms with Gasteiger partial charge in [0.25, 0.3) is 20.0 Å². The van der Waals surface area contributed by atoms with Crippen molar-refractivity contribution in [2.24, 2.45) is 8.80 Å². The lowest BCUT2D eigenvalue weighted by molar-refractivity contribution is -0.113. The Morgan fingerprint density at radius 1 is 0.689 bits per heavy atom. The van der Waals surface area contributed by atoms with E-state index in [-0.39, 0.29) is 51.9 Å². The normalized spacial score (nSPS) is 15.5. The minimum Gasteiger partial charge on any atom is -0.508 e. The van der Waals surface area contributed by atoms with Crippen LogP contribution in [-0.2, 0) is 29.6 Å². The third-order valence-electron chi connectivity index (χ3n) is 9.49. The van der Waals surface area contributed by atoms with Gasteiger partial charge in [0.15, 0.2) is 23.2 Å². The molecule has 2 aliphatic heterocycles. The summed E-state index contributed by atoms with van der Waals surface area (Å²) in [7, 11) is -6.33. The van der Waals surface area contributed by atoms with Gasteiger partial charge in [0.1, 0.15) is 33.8 Å². The maximum absolute atomic E-state index is 12.9. The number of nitrogens with one attached hydrogen (secondary N) is 2. The number of nitrogens with zero attached hydrogens (tertiary/aromatic N) is 4. The monoisotopic (exact) mass is 1090 g/mol. The van der Waals surface area contributed by atoms with E-state index in [4.69, 9.17) is 13.6 Å². The number of rotatable bonds is 13. The highest BCUT2D eigenvalue weighted by Gasteiger charge is 2.31. The Hall–Kier alpha value is -5.46. The standard InChI is InChI=1S/C21H18IN3O5S.C20H16IN3O5S/c1-29-15-4-2-3-13(11-15)16(21-23-9-10-30-21)6-8-18(26)20-24-17-7-5-14(22)12-19(17)31(27,28)25-20;21-13-4-6-16-18(11-13)30(27,28)24-19(23-16)17(26)7-5-15(20-22-8-9-29-20)12-2-1-3-14(25)10-12/h2-5,7,9-12,16H,6,8H2,1H3,(H,24,25);1-4,6,8-11,15,25H,5,7H2,(H,23,24). The average Bonchev–Trinajstić information content (AvgIpc) is 3.98. The number of aromatic hydroxyl groups is 1. The number of anilines is 2. The van der Waals surface area contributed by atoms with E-state index in [0.717, 1.165) is 18.3 Å². The molecule has 4 heterocycles. The molecule has 2 aromatic heterocycles. The topological polar surface area (TPSA) is 233 Å². The number of ketones is 2. The lowest BCUT2D eigenvalue weighted by Crippen LogP contribution is -2.29. The lowest BCUT2D eigenvalue weighted by atomic mass is 9.92. The molecule has 16 nitrogen and oxygen atoms in total. The van der Waals surface area contributed by atoms with Gasteiger partial charge in [-0.1, -0.05) is 24.3 Å². The number of halogens is 2. The molecule has 0 saturated carbocycles. The average molecular weight is 1090 g/mol. The van der Waals surface area contributed by atoms with E-state index in [1.54, 1.807) is 61.8 Å². The van der Waals surface area contributed by atoms with Gasteiger partial charge in [-0.3, -0.25) is 9.59 Å². The summed E-state index contributed by atoms with van der Waals surface area (Å²) in [6.45, 7) is 0. The fourth-order valence-electron chi connectivity index (χ4n) is 6.57. The Kier molecular flexibility index (Phi) is 13.3. The van der Waals surface area contributed by atoms with Gasteiger partial charge in [-0.25, -0.2) is 9.97 Å². The molecule has 3 N–H and O–H groups in total. The zero-order chi connectivity index (χ0) is 43.3. The molecule has 314 valence electrons. The number of fused-ring (bicyclic) bond motifs is 2. The Labute approximate surface area is 377 Å². The number of amidine groups is 2. The molecule has 2 unspecified atom stereocenters. The third kappa shape index (κ3) is 10.4. The summed E-state index contributed by atoms with van der Waals surface area (Å²) in [5.41, 5.74) is 2.28. The van der Waals surface area contributed by atoms with Crippen molar-refractivity contribution >= 4 is 99.8 Å². The molecule has 20 heteroatoms. The SMILES string of the molecule is COc1cccc(C(CCC(=O)C2=NS(=O)(=O)c3cc(I)ccc3N2)c2ncco2)c1.O=C(CCC(c1cccc(O)c1)c1ncco1)C1=NS(=O)(=O)c2cc(I)ccc2N1. The lowest BCUT2D eigenvalue weighted by Gasteiger charge is -2.19. The van der Waals surface area contributed by atoms with Crippen LogP contribution in [0.3, 0.4) is 0 Å². The molecule has 0 radical (unpaired) electrons. The molecule has 61 heavy (non-hydrogen) atoms. The predicted octanol–water partition coefficient (Wildman–Crippen LogP) is 7.66. The molecule has 0 aliphatic carbocycles. The van der Waals surface area contributed by atoms with Gasteiger partial charge in [0, 0.05) is 20.0 Å². The maximum atomic E-state index is 12.9. The van der Waals surface area contributed by atoms with Crippen LogP contribution in [-0.4, -0.2) is 62.3 Å². The molecule has 0 spiro atoms. The molecule has 0 saturated heterocycles. The van der Waals surface area contributed by atoms with Gasteiger partial charge in [0.05, 0.1) is 42.7 Å². The van der Waals surface area contributed by atoms with Crippen molar-refractivity contribution in [1.82, 2.24) is 9.97 Å². The molecular weight excluding hydrogens is 1050 g/mol. The number of hydrogen-bond acceptors (Lipinski definition) is 14. The van der Waals surface area contributed by atoms with Crippen LogP contribution < -0.4 is 15.4 Å². The third-order valence-corrected chi connectivity index (χ3v) is 13.5. The van der Waals surface area contributed by atoms with E-state index < -0.39 is 31.6 Å². The van der Waals surface area contributed by atoms with E-state index in [2.05, 4.69) is 29.4 Å². The van der Waals surface area contributed by atoms with Gasteiger partial charge >= 0.3 is 0 Å². The summed E-state index contributed by atoms with van der Waals surface area (Å²) < 4.78 is 75.1. The van der Waals surface area contributed by atoms with Gasteiger partial charge in [-0.15, -0.1) is 8.80 Å². The zero-order valence-corrected chi connectivity index (χ0v) is 37.8. The van der Waals surface area contributed by atoms with Crippen molar-refractivity contribution in [2.75, 3.05) is 17.7 Å². The van der Waals surface area contributed by atoms with Crippen LogP contribution in [0.2, 0.25) is 0 Å². The number of aromatic nitrogens is 2. The highest BCUT2D eigenvalue weighted by atomic mass is 127. The van der Waals surface area contributed by atoms with Crippen LogP contribution in [0.4, 0.5) is 11.4 Å². The molecular formula is C41H34I2N6O10S2. The molecule has 0 amide bonds. The fraction of sp³-hybridized carbons (Fsp3) is 0.171. The van der Waals surface area contributed by atoms with Gasteiger partial charge < -0.3 is 29.3 Å². The van der Waals surface area contributed by atoms with Crippen LogP contribution in [0, 0.1) is 7.14 Å². The quantitative estimate of drug-likeness (QED) is 0.0943. The Morgan fingerprint density at radius 3 is 1.61 bits per heavy atom. The molecule has 0 bridgehead atoms. The number of sulfonamides is 2. The number of methoxy groups -OCH3 is 1. The Balaban J connectivity index is 0.000000184.